The van der Waals surface area contributed by atoms with E-state index in [0.29, 0.717) is 16.8 Å². The first-order chi connectivity index (χ1) is 13.5. The SMILES string of the molecule is CCn1c(SCC(=O)c2cc(C)n(C3CC3)c2C)nnc1-c1ccc(Cl)cc1. The number of hydrogen-bond acceptors (Lipinski definition) is 4. The van der Waals surface area contributed by atoms with Crippen LogP contribution in [0.4, 0.5) is 0 Å². The van der Waals surface area contributed by atoms with E-state index in [0.717, 1.165) is 34.3 Å². The van der Waals surface area contributed by atoms with Gasteiger partial charge in [-0.3, -0.25) is 4.79 Å². The summed E-state index contributed by atoms with van der Waals surface area (Å²) in [5.41, 5.74) is 4.06. The summed E-state index contributed by atoms with van der Waals surface area (Å²) in [6.07, 6.45) is 2.43. The molecule has 146 valence electrons. The van der Waals surface area contributed by atoms with Crippen molar-refractivity contribution in [2.24, 2.45) is 0 Å². The Bertz CT molecular complexity index is 1020. The fourth-order valence-corrected chi connectivity index (χ4v) is 4.67. The van der Waals surface area contributed by atoms with Crippen LogP contribution in [0.5, 0.6) is 0 Å². The van der Waals surface area contributed by atoms with Crippen LogP contribution in [0.3, 0.4) is 0 Å². The van der Waals surface area contributed by atoms with Crippen molar-refractivity contribution in [3.8, 4) is 11.4 Å². The van der Waals surface area contributed by atoms with Gasteiger partial charge in [0.25, 0.3) is 0 Å². The first-order valence-corrected chi connectivity index (χ1v) is 10.9. The van der Waals surface area contributed by atoms with Gasteiger partial charge in [0, 0.05) is 40.1 Å². The van der Waals surface area contributed by atoms with Crippen molar-refractivity contribution in [2.45, 2.75) is 51.4 Å². The fraction of sp³-hybridized carbons (Fsp3) is 0.381. The van der Waals surface area contributed by atoms with Gasteiger partial charge in [-0.05, 0) is 63.9 Å². The number of aromatic nitrogens is 4. The van der Waals surface area contributed by atoms with Gasteiger partial charge in [0.05, 0.1) is 5.75 Å². The minimum Gasteiger partial charge on any atom is -0.345 e. The van der Waals surface area contributed by atoms with Crippen LogP contribution in [0.1, 0.15) is 47.6 Å². The van der Waals surface area contributed by atoms with Gasteiger partial charge in [0.1, 0.15) is 0 Å². The molecule has 0 unspecified atom stereocenters. The van der Waals surface area contributed by atoms with Crippen molar-refractivity contribution < 1.29 is 4.79 Å². The molecular formula is C21H23ClN4OS. The summed E-state index contributed by atoms with van der Waals surface area (Å²) in [5.74, 6) is 1.29. The zero-order valence-corrected chi connectivity index (χ0v) is 17.8. The molecule has 2 aromatic heterocycles. The first-order valence-electron chi connectivity index (χ1n) is 9.53. The lowest BCUT2D eigenvalue weighted by molar-refractivity contribution is 0.102. The summed E-state index contributed by atoms with van der Waals surface area (Å²) in [7, 11) is 0. The molecule has 0 atom stereocenters. The minimum absolute atomic E-state index is 0.142. The second kappa shape index (κ2) is 7.76. The number of Topliss-reactive ketones (excluding diaryl/α,β-unsaturated/α-hetero) is 1. The molecular weight excluding hydrogens is 392 g/mol. The van der Waals surface area contributed by atoms with Gasteiger partial charge in [-0.2, -0.15) is 0 Å². The molecule has 28 heavy (non-hydrogen) atoms. The fourth-order valence-electron chi connectivity index (χ4n) is 3.65. The third kappa shape index (κ3) is 3.63. The predicted octanol–water partition coefficient (Wildman–Crippen LogP) is 5.35. The number of rotatable bonds is 7. The highest BCUT2D eigenvalue weighted by atomic mass is 35.5. The van der Waals surface area contributed by atoms with E-state index in [9.17, 15) is 4.79 Å². The molecule has 1 saturated carbocycles. The Morgan fingerprint density at radius 1 is 1.21 bits per heavy atom. The molecule has 3 aromatic rings. The van der Waals surface area contributed by atoms with Gasteiger partial charge in [0.15, 0.2) is 16.8 Å². The molecule has 5 nitrogen and oxygen atoms in total. The molecule has 0 N–H and O–H groups in total. The smallest absolute Gasteiger partial charge is 0.191 e. The van der Waals surface area contributed by atoms with E-state index in [-0.39, 0.29) is 5.78 Å². The monoisotopic (exact) mass is 414 g/mol. The van der Waals surface area contributed by atoms with E-state index in [4.69, 9.17) is 11.6 Å². The number of aryl methyl sites for hydroxylation is 1. The summed E-state index contributed by atoms with van der Waals surface area (Å²) >= 11 is 7.43. The van der Waals surface area contributed by atoms with Crippen LogP contribution < -0.4 is 0 Å². The Hall–Kier alpha value is -2.05. The van der Waals surface area contributed by atoms with Crippen LogP contribution >= 0.6 is 23.4 Å². The van der Waals surface area contributed by atoms with Gasteiger partial charge < -0.3 is 9.13 Å². The number of halogens is 1. The van der Waals surface area contributed by atoms with E-state index in [1.165, 1.54) is 30.3 Å². The lowest BCUT2D eigenvalue weighted by atomic mass is 10.2. The quantitative estimate of drug-likeness (QED) is 0.386. The van der Waals surface area contributed by atoms with Gasteiger partial charge in [0.2, 0.25) is 0 Å². The van der Waals surface area contributed by atoms with Crippen LogP contribution in [-0.2, 0) is 6.54 Å². The molecule has 1 aliphatic rings. The number of carbonyl (C=O) groups is 1. The molecule has 4 rings (SSSR count). The van der Waals surface area contributed by atoms with E-state index in [2.05, 4.69) is 35.5 Å². The highest BCUT2D eigenvalue weighted by Gasteiger charge is 2.28. The lowest BCUT2D eigenvalue weighted by Gasteiger charge is -2.08. The van der Waals surface area contributed by atoms with Crippen molar-refractivity contribution in [2.75, 3.05) is 5.75 Å². The molecule has 0 aliphatic heterocycles. The van der Waals surface area contributed by atoms with Gasteiger partial charge >= 0.3 is 0 Å². The molecule has 0 amide bonds. The molecule has 0 bridgehead atoms. The van der Waals surface area contributed by atoms with Crippen LogP contribution in [-0.4, -0.2) is 30.9 Å². The van der Waals surface area contributed by atoms with Gasteiger partial charge in [-0.25, -0.2) is 0 Å². The van der Waals surface area contributed by atoms with Gasteiger partial charge in [-0.15, -0.1) is 10.2 Å². The zero-order valence-electron chi connectivity index (χ0n) is 16.3. The minimum atomic E-state index is 0.142. The topological polar surface area (TPSA) is 52.7 Å². The number of hydrogen-bond donors (Lipinski definition) is 0. The maximum Gasteiger partial charge on any atom is 0.191 e. The van der Waals surface area contributed by atoms with E-state index in [1.54, 1.807) is 0 Å². The Balaban J connectivity index is 1.51. The highest BCUT2D eigenvalue weighted by molar-refractivity contribution is 7.99. The van der Waals surface area contributed by atoms with Crippen LogP contribution in [0.2, 0.25) is 5.02 Å². The molecule has 0 radical (unpaired) electrons. The Labute approximate surface area is 174 Å². The summed E-state index contributed by atoms with van der Waals surface area (Å²) in [6.45, 7) is 6.92. The molecule has 1 aromatic carbocycles. The molecule has 2 heterocycles. The Morgan fingerprint density at radius 3 is 2.57 bits per heavy atom. The summed E-state index contributed by atoms with van der Waals surface area (Å²) in [6, 6.07) is 10.2. The second-order valence-electron chi connectivity index (χ2n) is 7.16. The summed E-state index contributed by atoms with van der Waals surface area (Å²) < 4.78 is 4.35. The number of thioether (sulfide) groups is 1. The van der Waals surface area contributed by atoms with Crippen LogP contribution in [0.25, 0.3) is 11.4 Å². The first kappa shape index (κ1) is 19.3. The maximum atomic E-state index is 12.9. The average Bonchev–Trinajstić information content (AvgIpc) is 3.35. The zero-order chi connectivity index (χ0) is 19.8. The Kier molecular flexibility index (Phi) is 5.34. The Morgan fingerprint density at radius 2 is 1.93 bits per heavy atom. The van der Waals surface area contributed by atoms with Crippen molar-refractivity contribution in [3.63, 3.8) is 0 Å². The van der Waals surface area contributed by atoms with Crippen LogP contribution in [0.15, 0.2) is 35.5 Å². The van der Waals surface area contributed by atoms with Crippen molar-refractivity contribution >= 4 is 29.1 Å². The second-order valence-corrected chi connectivity index (χ2v) is 8.53. The number of benzene rings is 1. The normalized spacial score (nSPS) is 13.9. The van der Waals surface area contributed by atoms with Crippen LogP contribution in [0, 0.1) is 13.8 Å². The third-order valence-corrected chi connectivity index (χ3v) is 6.38. The number of carbonyl (C=O) groups excluding carboxylic acids is 1. The number of nitrogens with zero attached hydrogens (tertiary/aromatic N) is 4. The van der Waals surface area contributed by atoms with Gasteiger partial charge in [-0.1, -0.05) is 23.4 Å². The van der Waals surface area contributed by atoms with E-state index >= 15 is 0 Å². The largest absolute Gasteiger partial charge is 0.345 e. The molecule has 0 spiro atoms. The summed E-state index contributed by atoms with van der Waals surface area (Å²) in [5, 5.41) is 10.1. The predicted molar refractivity (Wildman–Crippen MR) is 113 cm³/mol. The van der Waals surface area contributed by atoms with Crippen molar-refractivity contribution in [1.82, 2.24) is 19.3 Å². The highest BCUT2D eigenvalue weighted by Crippen LogP contribution is 2.38. The lowest BCUT2D eigenvalue weighted by Crippen LogP contribution is -2.07. The summed E-state index contributed by atoms with van der Waals surface area (Å²) in [4.78, 5) is 12.9. The molecule has 0 saturated heterocycles. The van der Waals surface area contributed by atoms with Crippen molar-refractivity contribution in [1.29, 1.82) is 0 Å². The third-order valence-electron chi connectivity index (χ3n) is 5.16. The maximum absolute atomic E-state index is 12.9. The number of ketones is 1. The van der Waals surface area contributed by atoms with Crippen molar-refractivity contribution in [3.05, 3.63) is 52.3 Å². The molecule has 1 fully saturated rings. The average molecular weight is 415 g/mol. The molecule has 7 heteroatoms. The van der Waals surface area contributed by atoms with E-state index in [1.807, 2.05) is 34.9 Å². The van der Waals surface area contributed by atoms with E-state index < -0.39 is 0 Å². The standard InChI is InChI=1S/C21H23ClN4OS/c1-4-25-20(15-5-7-16(22)8-6-15)23-24-21(25)28-12-19(27)18-11-13(2)26(14(18)3)17-9-10-17/h5-8,11,17H,4,9-10,12H2,1-3H3. The molecule has 1 aliphatic carbocycles.